The van der Waals surface area contributed by atoms with Crippen LogP contribution in [0.15, 0.2) is 52.4 Å². The summed E-state index contributed by atoms with van der Waals surface area (Å²) in [5.74, 6) is -3.27. The molecule has 2 atom stereocenters. The molecule has 2 aliphatic heterocycles. The zero-order chi connectivity index (χ0) is 22.3. The first-order chi connectivity index (χ1) is 15.5. The van der Waals surface area contributed by atoms with Gasteiger partial charge in [-0.15, -0.1) is 0 Å². The van der Waals surface area contributed by atoms with E-state index in [1.807, 2.05) is 24.3 Å². The summed E-state index contributed by atoms with van der Waals surface area (Å²) in [5.41, 5.74) is 1.11. The highest BCUT2D eigenvalue weighted by atomic mass is 79.9. The number of rotatable bonds is 3. The van der Waals surface area contributed by atoms with Crippen LogP contribution in [-0.2, 0) is 19.1 Å². The molecule has 7 nitrogen and oxygen atoms in total. The van der Waals surface area contributed by atoms with Crippen molar-refractivity contribution in [1.82, 2.24) is 4.90 Å². The largest absolute Gasteiger partial charge is 0.480 e. The third-order valence-corrected chi connectivity index (χ3v) is 7.63. The first-order valence-electron chi connectivity index (χ1n) is 11.3. The number of piperazine rings is 1. The summed E-state index contributed by atoms with van der Waals surface area (Å²) in [5, 5.41) is 10.8. The molecule has 1 aromatic carbocycles. The number of aliphatic hydroxyl groups is 1. The van der Waals surface area contributed by atoms with E-state index in [0.29, 0.717) is 17.3 Å². The van der Waals surface area contributed by atoms with Crippen molar-refractivity contribution in [3.8, 4) is 0 Å². The van der Waals surface area contributed by atoms with Crippen LogP contribution in [0, 0.1) is 5.92 Å². The summed E-state index contributed by atoms with van der Waals surface area (Å²) >= 11 is 3.35. The van der Waals surface area contributed by atoms with Crippen LogP contribution >= 0.6 is 15.9 Å². The average Bonchev–Trinajstić information content (AvgIpc) is 3.09. The van der Waals surface area contributed by atoms with Crippen molar-refractivity contribution >= 4 is 33.4 Å². The zero-order valence-electron chi connectivity index (χ0n) is 17.8. The number of para-hydroxylation sites is 1. The molecular weight excluding hydrogens is 476 g/mol. The van der Waals surface area contributed by atoms with Gasteiger partial charge in [-0.3, -0.25) is 9.69 Å². The summed E-state index contributed by atoms with van der Waals surface area (Å²) in [7, 11) is 0. The van der Waals surface area contributed by atoms with Gasteiger partial charge in [0.2, 0.25) is 0 Å². The molecular formula is C24H27BrN2O5. The molecule has 32 heavy (non-hydrogen) atoms. The molecule has 5 rings (SSSR count). The summed E-state index contributed by atoms with van der Waals surface area (Å²) in [6.45, 7) is 3.08. The van der Waals surface area contributed by atoms with Gasteiger partial charge in [-0.05, 0) is 47.0 Å². The molecule has 2 fully saturated rings. The number of hydrogen-bond acceptors (Lipinski definition) is 7. The number of nitrogens with zero attached hydrogens (tertiary/aromatic N) is 2. The van der Waals surface area contributed by atoms with Gasteiger partial charge in [0.05, 0.1) is 10.4 Å². The number of aliphatic hydroxyl groups excluding tert-OH is 1. The Labute approximate surface area is 195 Å². The SMILES string of the molecule is O=C1OC2(CCCCC2)OC(O)=C1[C@H]1C(=O)C(Br)=C[C@@H]1N1CCN(c2ccccc2)CC1. The highest BCUT2D eigenvalue weighted by molar-refractivity contribution is 9.12. The van der Waals surface area contributed by atoms with Gasteiger partial charge in [0, 0.05) is 50.7 Å². The lowest BCUT2D eigenvalue weighted by Gasteiger charge is -2.42. The fourth-order valence-corrected chi connectivity index (χ4v) is 5.80. The monoisotopic (exact) mass is 502 g/mol. The third-order valence-electron chi connectivity index (χ3n) is 6.97. The number of ether oxygens (including phenoxy) is 2. The molecule has 1 saturated heterocycles. The van der Waals surface area contributed by atoms with Crippen LogP contribution in [0.5, 0.6) is 0 Å². The first-order valence-corrected chi connectivity index (χ1v) is 12.1. The number of allylic oxidation sites excluding steroid dienone is 1. The third kappa shape index (κ3) is 3.83. The number of carbonyl (C=O) groups is 2. The van der Waals surface area contributed by atoms with Gasteiger partial charge in [-0.1, -0.05) is 24.6 Å². The van der Waals surface area contributed by atoms with E-state index in [0.717, 1.165) is 45.4 Å². The number of ketones is 1. The number of Topliss-reactive ketones (excluding diaryl/α,β-unsaturated/α-hetero) is 1. The highest BCUT2D eigenvalue weighted by Crippen LogP contribution is 2.43. The second-order valence-electron chi connectivity index (χ2n) is 8.89. The van der Waals surface area contributed by atoms with Crippen molar-refractivity contribution in [2.45, 2.75) is 43.9 Å². The maximum absolute atomic E-state index is 13.0. The van der Waals surface area contributed by atoms with Gasteiger partial charge in [0.25, 0.3) is 11.7 Å². The molecule has 1 N–H and O–H groups in total. The molecule has 2 heterocycles. The van der Waals surface area contributed by atoms with Gasteiger partial charge in [0.1, 0.15) is 5.57 Å². The lowest BCUT2D eigenvalue weighted by atomic mass is 9.89. The predicted octanol–water partition coefficient (Wildman–Crippen LogP) is 3.66. The van der Waals surface area contributed by atoms with Crippen LogP contribution in [0.25, 0.3) is 0 Å². The van der Waals surface area contributed by atoms with E-state index in [9.17, 15) is 14.7 Å². The van der Waals surface area contributed by atoms with Crippen molar-refractivity contribution in [1.29, 1.82) is 0 Å². The molecule has 0 radical (unpaired) electrons. The molecule has 0 bridgehead atoms. The molecule has 1 saturated carbocycles. The molecule has 1 aromatic rings. The van der Waals surface area contributed by atoms with E-state index < -0.39 is 23.6 Å². The molecule has 170 valence electrons. The van der Waals surface area contributed by atoms with E-state index in [1.165, 1.54) is 5.69 Å². The van der Waals surface area contributed by atoms with E-state index in [2.05, 4.69) is 37.9 Å². The van der Waals surface area contributed by atoms with Crippen LogP contribution in [0.2, 0.25) is 0 Å². The molecule has 0 aromatic heterocycles. The van der Waals surface area contributed by atoms with Crippen LogP contribution in [-0.4, -0.2) is 59.8 Å². The van der Waals surface area contributed by atoms with E-state index in [4.69, 9.17) is 9.47 Å². The molecule has 1 spiro atoms. The number of hydrogen-bond donors (Lipinski definition) is 1. The minimum Gasteiger partial charge on any atom is -0.480 e. The number of benzene rings is 1. The van der Waals surface area contributed by atoms with Gasteiger partial charge in [-0.2, -0.15) is 0 Å². The van der Waals surface area contributed by atoms with E-state index in [1.54, 1.807) is 0 Å². The summed E-state index contributed by atoms with van der Waals surface area (Å²) in [4.78, 5) is 30.6. The van der Waals surface area contributed by atoms with Gasteiger partial charge in [-0.25, -0.2) is 4.79 Å². The van der Waals surface area contributed by atoms with Gasteiger partial charge >= 0.3 is 5.97 Å². The molecule has 0 amide bonds. The maximum Gasteiger partial charge on any atom is 0.345 e. The summed E-state index contributed by atoms with van der Waals surface area (Å²) < 4.78 is 11.9. The Kier molecular flexibility index (Phi) is 5.75. The van der Waals surface area contributed by atoms with Gasteiger partial charge in [0.15, 0.2) is 5.78 Å². The Balaban J connectivity index is 1.36. The molecule has 4 aliphatic rings. The number of halogens is 1. The highest BCUT2D eigenvalue weighted by Gasteiger charge is 2.52. The van der Waals surface area contributed by atoms with Crippen LogP contribution in [0.3, 0.4) is 0 Å². The normalized spacial score (nSPS) is 28.5. The summed E-state index contributed by atoms with van der Waals surface area (Å²) in [6, 6.07) is 9.89. The second-order valence-corrected chi connectivity index (χ2v) is 9.74. The minimum absolute atomic E-state index is 0.0626. The van der Waals surface area contributed by atoms with Crippen molar-refractivity contribution < 1.29 is 24.2 Å². The fourth-order valence-electron chi connectivity index (χ4n) is 5.28. The summed E-state index contributed by atoms with van der Waals surface area (Å²) in [6.07, 6.45) is 5.75. The number of esters is 1. The maximum atomic E-state index is 13.0. The first kappa shape index (κ1) is 21.5. The molecule has 2 aliphatic carbocycles. The van der Waals surface area contributed by atoms with Crippen molar-refractivity contribution in [2.75, 3.05) is 31.1 Å². The Morgan fingerprint density at radius 2 is 1.66 bits per heavy atom. The Morgan fingerprint density at radius 1 is 0.969 bits per heavy atom. The van der Waals surface area contributed by atoms with Crippen LogP contribution in [0.1, 0.15) is 32.1 Å². The fraction of sp³-hybridized carbons (Fsp3) is 0.500. The Hall–Kier alpha value is -2.32. The molecule has 8 heteroatoms. The van der Waals surface area contributed by atoms with E-state index >= 15 is 0 Å². The predicted molar refractivity (Wildman–Crippen MR) is 122 cm³/mol. The minimum atomic E-state index is -1.09. The Bertz CT molecular complexity index is 962. The lowest BCUT2D eigenvalue weighted by molar-refractivity contribution is -0.251. The number of anilines is 1. The topological polar surface area (TPSA) is 79.3 Å². The standard InChI is InChI=1S/C24H27BrN2O5/c25-17-15-18(27-13-11-26(12-14-27)16-7-3-1-4-8-16)19(21(17)28)20-22(29)31-24(32-23(20)30)9-5-2-6-10-24/h1,3-4,7-8,15,18-19,29H,2,5-6,9-14H2/t18-,19-/m0/s1. The Morgan fingerprint density at radius 3 is 2.31 bits per heavy atom. The van der Waals surface area contributed by atoms with E-state index in [-0.39, 0.29) is 17.4 Å². The van der Waals surface area contributed by atoms with Crippen molar-refractivity contribution in [3.05, 3.63) is 52.4 Å². The van der Waals surface area contributed by atoms with Crippen molar-refractivity contribution in [3.63, 3.8) is 0 Å². The average molecular weight is 503 g/mol. The second kappa shape index (κ2) is 8.56. The quantitative estimate of drug-likeness (QED) is 0.631. The zero-order valence-corrected chi connectivity index (χ0v) is 19.4. The van der Waals surface area contributed by atoms with Gasteiger partial charge < -0.3 is 19.5 Å². The lowest BCUT2D eigenvalue weighted by Crippen LogP contribution is -2.53. The smallest absolute Gasteiger partial charge is 0.345 e. The van der Waals surface area contributed by atoms with Crippen LogP contribution in [0.4, 0.5) is 5.69 Å². The molecule has 0 unspecified atom stereocenters. The van der Waals surface area contributed by atoms with Crippen molar-refractivity contribution in [2.24, 2.45) is 5.92 Å². The number of carbonyl (C=O) groups excluding carboxylic acids is 2. The van der Waals surface area contributed by atoms with Crippen LogP contribution < -0.4 is 4.90 Å².